The maximum absolute atomic E-state index is 3.72. The van der Waals surface area contributed by atoms with Crippen molar-refractivity contribution in [1.82, 2.24) is 6.15 Å². The third kappa shape index (κ3) is 12.9. The molecule has 0 saturated heterocycles. The summed E-state index contributed by atoms with van der Waals surface area (Å²) in [5, 5.41) is 0. The van der Waals surface area contributed by atoms with Crippen molar-refractivity contribution in [2.24, 2.45) is 0 Å². The zero-order chi connectivity index (χ0) is 10.9. The fraction of sp³-hybridized carbons (Fsp3) is 0. The maximum Gasteiger partial charge on any atom is 0 e. The van der Waals surface area contributed by atoms with Gasteiger partial charge >= 0.3 is 0 Å². The zero-order valence-electron chi connectivity index (χ0n) is 11.8. The molecule has 2 aromatic carbocycles. The molecule has 110 valence electrons. The first kappa shape index (κ1) is 26.3. The summed E-state index contributed by atoms with van der Waals surface area (Å²) in [5.41, 5.74) is 2.25. The summed E-state index contributed by atoms with van der Waals surface area (Å²) in [6.45, 7) is 7.35. The van der Waals surface area contributed by atoms with Crippen LogP contribution in [0.5, 0.6) is 0 Å². The molecular weight excluding hydrogens is 325 g/mol. The van der Waals surface area contributed by atoms with Crippen molar-refractivity contribution in [2.45, 2.75) is 0 Å². The minimum absolute atomic E-state index is 0. The van der Waals surface area contributed by atoms with Crippen LogP contribution in [0.15, 0.2) is 67.2 Å². The molecule has 0 aliphatic rings. The third-order valence-corrected chi connectivity index (χ3v) is 1.88. The van der Waals surface area contributed by atoms with Crippen LogP contribution in [-0.4, -0.2) is 0 Å². The number of benzene rings is 2. The summed E-state index contributed by atoms with van der Waals surface area (Å²) in [4.78, 5) is 0. The van der Waals surface area contributed by atoms with Gasteiger partial charge < -0.3 is 21.0 Å². The van der Waals surface area contributed by atoms with Crippen molar-refractivity contribution in [3.8, 4) is 0 Å². The van der Waals surface area contributed by atoms with E-state index in [0.717, 1.165) is 5.56 Å². The Kier molecular flexibility index (Phi) is 23.1. The second kappa shape index (κ2) is 16.7. The van der Waals surface area contributed by atoms with Crippen molar-refractivity contribution in [3.05, 3.63) is 100 Å². The van der Waals surface area contributed by atoms with Crippen LogP contribution in [0.1, 0.15) is 11.1 Å². The van der Waals surface area contributed by atoms with Crippen LogP contribution in [0, 0.1) is 21.8 Å². The molecule has 2 heteroatoms. The molecule has 0 fully saturated rings. The van der Waals surface area contributed by atoms with Gasteiger partial charge in [-0.2, -0.15) is 24.6 Å². The largest absolute Gasteiger partial charge is 0.358 e. The standard InChI is InChI=1S/C8H8.C7H7.2CH3.H3N.Pd/c1-2-8-6-4-3-5-7-8;1-7-5-3-2-4-6-7;;;;/h2-7H,1H2;2-6H,1H2;3*1H3;/q;3*-1;;. The Hall–Kier alpha value is -1.33. The van der Waals surface area contributed by atoms with Gasteiger partial charge in [-0.15, -0.1) is 12.1 Å². The molecule has 0 radical (unpaired) electrons. The van der Waals surface area contributed by atoms with Gasteiger partial charge in [0.15, 0.2) is 0 Å². The normalized spacial score (nSPS) is 6.74. The summed E-state index contributed by atoms with van der Waals surface area (Å²) in [6.07, 6.45) is 1.83. The Morgan fingerprint density at radius 2 is 1.16 bits per heavy atom. The van der Waals surface area contributed by atoms with E-state index < -0.39 is 0 Å². The van der Waals surface area contributed by atoms with Crippen LogP contribution in [-0.2, 0) is 20.4 Å². The van der Waals surface area contributed by atoms with Gasteiger partial charge in [0, 0.05) is 20.4 Å². The summed E-state index contributed by atoms with van der Waals surface area (Å²) in [7, 11) is 0. The summed E-state index contributed by atoms with van der Waals surface area (Å²) >= 11 is 0. The summed E-state index contributed by atoms with van der Waals surface area (Å²) in [5.74, 6) is 0. The topological polar surface area (TPSA) is 35.0 Å². The van der Waals surface area contributed by atoms with Crippen LogP contribution < -0.4 is 6.15 Å². The first-order valence-corrected chi connectivity index (χ1v) is 4.87. The molecule has 1 nitrogen and oxygen atoms in total. The van der Waals surface area contributed by atoms with E-state index in [4.69, 9.17) is 0 Å². The summed E-state index contributed by atoms with van der Waals surface area (Å²) < 4.78 is 0. The minimum atomic E-state index is 0. The van der Waals surface area contributed by atoms with Crippen LogP contribution in [0.25, 0.3) is 6.08 Å². The van der Waals surface area contributed by atoms with Crippen molar-refractivity contribution in [3.63, 3.8) is 0 Å². The number of rotatable bonds is 1. The molecule has 3 N–H and O–H groups in total. The van der Waals surface area contributed by atoms with Crippen LogP contribution in [0.2, 0.25) is 0 Å². The van der Waals surface area contributed by atoms with Crippen molar-refractivity contribution in [1.29, 1.82) is 0 Å². The van der Waals surface area contributed by atoms with Gasteiger partial charge in [0.05, 0.1) is 0 Å². The van der Waals surface area contributed by atoms with E-state index >= 15 is 0 Å². The zero-order valence-corrected chi connectivity index (χ0v) is 13.3. The SMILES string of the molecule is C=Cc1ccccc1.N.[CH2-]c1ccccc1.[CH3-].[CH3-].[Pd]. The predicted octanol–water partition coefficient (Wildman–Crippen LogP) is 5.26. The maximum atomic E-state index is 3.72. The van der Waals surface area contributed by atoms with Crippen LogP contribution in [0.4, 0.5) is 0 Å². The van der Waals surface area contributed by atoms with Crippen LogP contribution >= 0.6 is 0 Å². The number of hydrogen-bond donors (Lipinski definition) is 1. The Bertz CT molecular complexity index is 385. The molecule has 0 bridgehead atoms. The molecule has 0 aliphatic carbocycles. The molecule has 2 aromatic rings. The van der Waals surface area contributed by atoms with E-state index in [0.29, 0.717) is 0 Å². The van der Waals surface area contributed by atoms with Gasteiger partial charge in [0.25, 0.3) is 0 Å². The first-order chi connectivity index (χ1) is 7.33. The molecule has 0 amide bonds. The van der Waals surface area contributed by atoms with Gasteiger partial charge in [0.2, 0.25) is 0 Å². The molecule has 2 rings (SSSR count). The Labute approximate surface area is 133 Å². The fourth-order valence-electron chi connectivity index (χ4n) is 1.07. The van der Waals surface area contributed by atoms with Gasteiger partial charge in [-0.3, -0.25) is 0 Å². The predicted molar refractivity (Wildman–Crippen MR) is 85.3 cm³/mol. The summed E-state index contributed by atoms with van der Waals surface area (Å²) in [6, 6.07) is 19.9. The van der Waals surface area contributed by atoms with Crippen molar-refractivity contribution < 1.29 is 20.4 Å². The fourth-order valence-corrected chi connectivity index (χ4v) is 1.07. The monoisotopic (exact) mass is 348 g/mol. The minimum Gasteiger partial charge on any atom is -0.358 e. The molecule has 0 unspecified atom stereocenters. The molecule has 0 heterocycles. The van der Waals surface area contributed by atoms with Crippen molar-refractivity contribution in [2.75, 3.05) is 0 Å². The van der Waals surface area contributed by atoms with Gasteiger partial charge in [-0.05, 0) is 5.56 Å². The third-order valence-electron chi connectivity index (χ3n) is 1.88. The van der Waals surface area contributed by atoms with E-state index in [1.165, 1.54) is 5.56 Å². The average molecular weight is 349 g/mol. The molecular formula is C17H24NPd-3. The second-order valence-electron chi connectivity index (χ2n) is 3.10. The molecule has 0 aliphatic heterocycles. The molecule has 0 saturated carbocycles. The average Bonchev–Trinajstić information content (AvgIpc) is 2.32. The van der Waals surface area contributed by atoms with E-state index in [2.05, 4.69) is 13.5 Å². The Balaban J connectivity index is -0.0000000983. The second-order valence-corrected chi connectivity index (χ2v) is 3.10. The quantitative estimate of drug-likeness (QED) is 0.553. The first-order valence-electron chi connectivity index (χ1n) is 4.87. The number of hydrogen-bond acceptors (Lipinski definition) is 1. The van der Waals surface area contributed by atoms with Gasteiger partial charge in [0.1, 0.15) is 0 Å². The Morgan fingerprint density at radius 1 is 0.789 bits per heavy atom. The Morgan fingerprint density at radius 3 is 1.37 bits per heavy atom. The van der Waals surface area contributed by atoms with Gasteiger partial charge in [-0.1, -0.05) is 49.1 Å². The molecule has 0 aromatic heterocycles. The molecule has 0 atom stereocenters. The molecule has 0 spiro atoms. The van der Waals surface area contributed by atoms with E-state index in [9.17, 15) is 0 Å². The van der Waals surface area contributed by atoms with Gasteiger partial charge in [-0.25, -0.2) is 0 Å². The van der Waals surface area contributed by atoms with E-state index in [1.54, 1.807) is 0 Å². The van der Waals surface area contributed by atoms with E-state index in [1.807, 2.05) is 66.7 Å². The smallest absolute Gasteiger partial charge is 0 e. The van der Waals surface area contributed by atoms with Crippen molar-refractivity contribution >= 4 is 6.08 Å². The molecule has 19 heavy (non-hydrogen) atoms. The van der Waals surface area contributed by atoms with Crippen LogP contribution in [0.3, 0.4) is 0 Å². The van der Waals surface area contributed by atoms with E-state index in [-0.39, 0.29) is 41.4 Å².